The third-order valence-electron chi connectivity index (χ3n) is 13.9. The summed E-state index contributed by atoms with van der Waals surface area (Å²) in [5.74, 6) is -1.43. The predicted molar refractivity (Wildman–Crippen MR) is 276 cm³/mol. The van der Waals surface area contributed by atoms with Crippen LogP contribution >= 0.6 is 11.3 Å². The molecule has 1 aromatic heterocycles. The Morgan fingerprint density at radius 2 is 1.59 bits per heavy atom. The summed E-state index contributed by atoms with van der Waals surface area (Å²) in [5, 5.41) is 31.1. The lowest BCUT2D eigenvalue weighted by atomic mass is 9.80. The number of nitrogens with zero attached hydrogens (tertiary/aromatic N) is 3. The van der Waals surface area contributed by atoms with Crippen LogP contribution in [0, 0.1) is 10.1 Å². The molecule has 0 fully saturated rings. The second kappa shape index (κ2) is 21.3. The van der Waals surface area contributed by atoms with Crippen molar-refractivity contribution in [2.24, 2.45) is 0 Å². The Morgan fingerprint density at radius 1 is 0.843 bits per heavy atom. The highest BCUT2D eigenvalue weighted by Gasteiger charge is 2.44. The van der Waals surface area contributed by atoms with E-state index in [1.54, 1.807) is 23.5 Å². The molecule has 70 heavy (non-hydrogen) atoms. The SMILES string of the molecule is CCN1/C(=C/C=C/C=C/C2=[N+](CCCCCC(=O)NCCCCC(NC(=O)OC3c4ccccc4-c4ccccc43)C(=O)[O-])c3ccc(-c4cccs4)cc3C2(C)C)C(C)(C)c2cc([N+](=O)[O-])ccc21. The smallest absolute Gasteiger partial charge is 0.408 e. The number of benzene rings is 4. The van der Waals surface area contributed by atoms with Crippen molar-refractivity contribution in [2.45, 2.75) is 103 Å². The van der Waals surface area contributed by atoms with Gasteiger partial charge in [-0.2, -0.15) is 4.58 Å². The zero-order valence-corrected chi connectivity index (χ0v) is 41.4. The summed E-state index contributed by atoms with van der Waals surface area (Å²) in [7, 11) is 0. The first kappa shape index (κ1) is 49.3. The van der Waals surface area contributed by atoms with Gasteiger partial charge in [0.05, 0.1) is 22.3 Å². The summed E-state index contributed by atoms with van der Waals surface area (Å²) in [4.78, 5) is 52.5. The Kier molecular flexibility index (Phi) is 15.0. The third-order valence-corrected chi connectivity index (χ3v) is 14.9. The van der Waals surface area contributed by atoms with E-state index in [0.29, 0.717) is 25.8 Å². The number of ether oxygens (including phenoxy) is 1. The van der Waals surface area contributed by atoms with Crippen LogP contribution in [0.25, 0.3) is 21.6 Å². The van der Waals surface area contributed by atoms with Crippen molar-refractivity contribution in [3.05, 3.63) is 171 Å². The van der Waals surface area contributed by atoms with Gasteiger partial charge in [0, 0.05) is 88.6 Å². The monoisotopic (exact) mass is 959 g/mol. The molecule has 3 heterocycles. The van der Waals surface area contributed by atoms with E-state index in [4.69, 9.17) is 4.74 Å². The van der Waals surface area contributed by atoms with E-state index in [1.165, 1.54) is 27.4 Å². The van der Waals surface area contributed by atoms with Gasteiger partial charge in [-0.05, 0) is 111 Å². The number of unbranched alkanes of at least 4 members (excludes halogenated alkanes) is 3. The average Bonchev–Trinajstić information content (AvgIpc) is 4.09. The molecular formula is C57H61N5O7S. The summed E-state index contributed by atoms with van der Waals surface area (Å²) >= 11 is 1.73. The van der Waals surface area contributed by atoms with Gasteiger partial charge in [-0.15, -0.1) is 11.3 Å². The number of rotatable bonds is 20. The number of carbonyl (C=O) groups is 3. The summed E-state index contributed by atoms with van der Waals surface area (Å²) < 4.78 is 8.19. The molecule has 0 saturated heterocycles. The number of carboxylic acid groups (broad SMARTS) is 1. The maximum atomic E-state index is 13.0. The van der Waals surface area contributed by atoms with E-state index in [-0.39, 0.29) is 28.4 Å². The quantitative estimate of drug-likeness (QED) is 0.0257. The molecule has 1 aliphatic carbocycles. The molecule has 0 bridgehead atoms. The number of thiophene rings is 1. The average molecular weight is 960 g/mol. The van der Waals surface area contributed by atoms with Crippen molar-refractivity contribution >= 4 is 52.1 Å². The Balaban J connectivity index is 0.832. The van der Waals surface area contributed by atoms with Crippen LogP contribution in [0.3, 0.4) is 0 Å². The van der Waals surface area contributed by atoms with E-state index in [2.05, 4.69) is 109 Å². The van der Waals surface area contributed by atoms with Crippen LogP contribution in [0.1, 0.15) is 108 Å². The van der Waals surface area contributed by atoms with Crippen LogP contribution in [0.2, 0.25) is 0 Å². The molecule has 1 atom stereocenters. The number of allylic oxidation sites excluding steroid dienone is 6. The number of non-ortho nitro benzene ring substituents is 1. The van der Waals surface area contributed by atoms with Gasteiger partial charge in [0.15, 0.2) is 11.8 Å². The van der Waals surface area contributed by atoms with Crippen LogP contribution in [0.15, 0.2) is 139 Å². The lowest BCUT2D eigenvalue weighted by Gasteiger charge is -2.25. The lowest BCUT2D eigenvalue weighted by Crippen LogP contribution is -2.48. The van der Waals surface area contributed by atoms with Gasteiger partial charge in [-0.3, -0.25) is 14.9 Å². The number of anilines is 1. The van der Waals surface area contributed by atoms with Gasteiger partial charge >= 0.3 is 6.09 Å². The molecule has 0 spiro atoms. The maximum absolute atomic E-state index is 13.0. The van der Waals surface area contributed by atoms with E-state index >= 15 is 0 Å². The molecule has 0 saturated carbocycles. The van der Waals surface area contributed by atoms with Crippen LogP contribution < -0.4 is 20.6 Å². The van der Waals surface area contributed by atoms with Gasteiger partial charge in [-0.25, -0.2) is 4.79 Å². The van der Waals surface area contributed by atoms with Crippen molar-refractivity contribution < 1.29 is 33.7 Å². The van der Waals surface area contributed by atoms with Crippen molar-refractivity contribution in [3.63, 3.8) is 0 Å². The van der Waals surface area contributed by atoms with Crippen LogP contribution in [-0.2, 0) is 25.2 Å². The predicted octanol–water partition coefficient (Wildman–Crippen LogP) is 11.0. The van der Waals surface area contributed by atoms with Crippen molar-refractivity contribution in [2.75, 3.05) is 24.5 Å². The highest BCUT2D eigenvalue weighted by atomic mass is 32.1. The Labute approximate surface area is 414 Å². The van der Waals surface area contributed by atoms with Crippen molar-refractivity contribution in [1.29, 1.82) is 0 Å². The van der Waals surface area contributed by atoms with E-state index in [0.717, 1.165) is 71.6 Å². The van der Waals surface area contributed by atoms with E-state index < -0.39 is 29.6 Å². The molecule has 4 aromatic carbocycles. The molecule has 8 rings (SSSR count). The zero-order chi connectivity index (χ0) is 49.6. The highest BCUT2D eigenvalue weighted by molar-refractivity contribution is 7.13. The zero-order valence-electron chi connectivity index (χ0n) is 40.5. The van der Waals surface area contributed by atoms with Crippen molar-refractivity contribution in [3.8, 4) is 21.6 Å². The van der Waals surface area contributed by atoms with E-state index in [1.807, 2.05) is 66.7 Å². The van der Waals surface area contributed by atoms with Crippen LogP contribution in [0.4, 0.5) is 21.9 Å². The third kappa shape index (κ3) is 10.3. The largest absolute Gasteiger partial charge is 0.548 e. The molecule has 5 aromatic rings. The minimum Gasteiger partial charge on any atom is -0.548 e. The van der Waals surface area contributed by atoms with Crippen LogP contribution in [-0.4, -0.2) is 58.9 Å². The number of fused-ring (bicyclic) bond motifs is 5. The molecule has 2 amide bonds. The number of carbonyl (C=O) groups excluding carboxylic acids is 3. The minimum absolute atomic E-state index is 0.0470. The number of likely N-dealkylation sites (N-methyl/N-ethyl adjacent to an activating group) is 1. The Hall–Kier alpha value is -7.12. The second-order valence-corrected chi connectivity index (χ2v) is 20.1. The fourth-order valence-corrected chi connectivity index (χ4v) is 11.0. The number of alkyl carbamates (subject to hydrolysis) is 1. The van der Waals surface area contributed by atoms with Crippen molar-refractivity contribution in [1.82, 2.24) is 10.6 Å². The Morgan fingerprint density at radius 3 is 2.27 bits per heavy atom. The molecule has 0 radical (unpaired) electrons. The Bertz CT molecular complexity index is 2870. The first-order valence-electron chi connectivity index (χ1n) is 24.3. The number of nitro benzene ring substituents is 1. The number of amides is 2. The fourth-order valence-electron chi connectivity index (χ4n) is 10.3. The fraction of sp³-hybridized carbons (Fsp3) is 0.333. The number of carboxylic acids is 1. The molecule has 1 unspecified atom stereocenters. The number of aliphatic carboxylic acids is 1. The number of nitro groups is 1. The van der Waals surface area contributed by atoms with Gasteiger partial charge in [0.1, 0.15) is 6.54 Å². The molecule has 2 aliphatic heterocycles. The number of hydrogen-bond acceptors (Lipinski definition) is 9. The van der Waals surface area contributed by atoms with Gasteiger partial charge in [0.2, 0.25) is 11.6 Å². The normalized spacial score (nSPS) is 16.4. The highest BCUT2D eigenvalue weighted by Crippen LogP contribution is 2.49. The van der Waals surface area contributed by atoms with Crippen LogP contribution in [0.5, 0.6) is 0 Å². The summed E-state index contributed by atoms with van der Waals surface area (Å²) in [5.41, 5.74) is 10.9. The molecule has 2 N–H and O–H groups in total. The topological polar surface area (TPSA) is 157 Å². The number of nitrogens with one attached hydrogen (secondary N) is 2. The number of hydrogen-bond donors (Lipinski definition) is 2. The molecule has 13 heteroatoms. The first-order valence-corrected chi connectivity index (χ1v) is 25.2. The van der Waals surface area contributed by atoms with Gasteiger partial charge in [-0.1, -0.05) is 86.7 Å². The summed E-state index contributed by atoms with van der Waals surface area (Å²) in [6.07, 6.45) is 13.0. The minimum atomic E-state index is -1.39. The maximum Gasteiger partial charge on any atom is 0.408 e. The van der Waals surface area contributed by atoms with Gasteiger partial charge < -0.3 is 30.2 Å². The summed E-state index contributed by atoms with van der Waals surface area (Å²) in [6.45, 7) is 12.8. The van der Waals surface area contributed by atoms with Gasteiger partial charge in [0.25, 0.3) is 5.69 Å². The standard InChI is InChI=1S/C57H61N5O7S/c1-6-60-47-32-30-39(62(67)68)37-45(47)57(4,5)50(60)26-9-7-10-27-51-56(2,3)44-36-38(49-25-19-35-70-49)29-31-48(44)61(51)34-18-8-11-28-52(63)58-33-17-16-24-46(54(64)65)59-55(66)69-53-42-22-14-12-20-40(42)41-21-13-15-23-43(41)53/h7,9-10,12-15,19-23,25-27,29-32,35-37,46,53H,6,8,11,16-18,24,28,33-34H2,1-5H3,(H2-,58,59,63,64,65,66). The van der Waals surface area contributed by atoms with E-state index in [9.17, 15) is 29.6 Å². The molecule has 12 nitrogen and oxygen atoms in total. The second-order valence-electron chi connectivity index (χ2n) is 19.1. The molecular weight excluding hydrogens is 899 g/mol. The molecule has 362 valence electrons. The summed E-state index contributed by atoms with van der Waals surface area (Å²) in [6, 6.07) is 30.3. The molecule has 3 aliphatic rings. The lowest BCUT2D eigenvalue weighted by molar-refractivity contribution is -0.438. The first-order chi connectivity index (χ1) is 33.7.